The van der Waals surface area contributed by atoms with E-state index in [1.165, 1.54) is 6.07 Å². The number of methoxy groups -OCH3 is 1. The van der Waals surface area contributed by atoms with Gasteiger partial charge in [-0.25, -0.2) is 4.98 Å². The van der Waals surface area contributed by atoms with Crippen LogP contribution < -0.4 is 0 Å². The van der Waals surface area contributed by atoms with E-state index in [0.29, 0.717) is 12.3 Å². The minimum atomic E-state index is -5.32. The lowest BCUT2D eigenvalue weighted by atomic mass is 9.88. The first-order valence-corrected chi connectivity index (χ1v) is 8.38. The SMILES string of the molecule is COC(c1cncc(C(F)(F)F)c1)C(C#N)C(O)c1cc(C(F)(F)F)nc(C(F)(F)F)c1. The summed E-state index contributed by atoms with van der Waals surface area (Å²) in [6.07, 6.45) is -18.1. The van der Waals surface area contributed by atoms with Gasteiger partial charge in [-0.1, -0.05) is 0 Å². The Kier molecular flexibility index (Phi) is 7.05. The molecule has 14 heteroatoms. The molecule has 0 aliphatic carbocycles. The molecule has 2 heterocycles. The first kappa shape index (κ1) is 25.3. The van der Waals surface area contributed by atoms with E-state index in [9.17, 15) is 49.9 Å². The quantitative estimate of drug-likeness (QED) is 0.612. The van der Waals surface area contributed by atoms with Crippen LogP contribution in [0.3, 0.4) is 0 Å². The number of ether oxygens (including phenoxy) is 1. The third-order valence-corrected chi connectivity index (χ3v) is 4.25. The maximum atomic E-state index is 13.0. The van der Waals surface area contributed by atoms with Crippen molar-refractivity contribution in [3.63, 3.8) is 0 Å². The first-order valence-electron chi connectivity index (χ1n) is 8.38. The molecule has 32 heavy (non-hydrogen) atoms. The summed E-state index contributed by atoms with van der Waals surface area (Å²) in [5.41, 5.74) is -6.56. The second kappa shape index (κ2) is 8.91. The van der Waals surface area contributed by atoms with Crippen molar-refractivity contribution in [2.24, 2.45) is 5.92 Å². The zero-order valence-electron chi connectivity index (χ0n) is 15.7. The average molecular weight is 473 g/mol. The zero-order valence-corrected chi connectivity index (χ0v) is 15.7. The van der Waals surface area contributed by atoms with Crippen molar-refractivity contribution < 1.29 is 49.4 Å². The van der Waals surface area contributed by atoms with Gasteiger partial charge in [0.2, 0.25) is 0 Å². The van der Waals surface area contributed by atoms with Gasteiger partial charge < -0.3 is 9.84 Å². The highest BCUT2D eigenvalue weighted by Gasteiger charge is 2.41. The van der Waals surface area contributed by atoms with E-state index >= 15 is 0 Å². The molecular weight excluding hydrogens is 461 g/mol. The number of hydrogen-bond acceptors (Lipinski definition) is 5. The highest BCUT2D eigenvalue weighted by molar-refractivity contribution is 5.30. The van der Waals surface area contributed by atoms with Gasteiger partial charge in [0.25, 0.3) is 0 Å². The third kappa shape index (κ3) is 5.65. The summed E-state index contributed by atoms with van der Waals surface area (Å²) < 4.78 is 122. The molecule has 2 aromatic heterocycles. The van der Waals surface area contributed by atoms with Crippen LogP contribution in [-0.4, -0.2) is 22.2 Å². The Hall–Kier alpha value is -2.92. The summed E-state index contributed by atoms with van der Waals surface area (Å²) in [5.74, 6) is -1.91. The fraction of sp³-hybridized carbons (Fsp3) is 0.389. The molecule has 0 saturated heterocycles. The normalized spacial score (nSPS) is 15.7. The molecule has 174 valence electrons. The van der Waals surface area contributed by atoms with E-state index < -0.39 is 59.2 Å². The molecule has 0 aliphatic rings. The molecule has 0 bridgehead atoms. The second-order valence-corrected chi connectivity index (χ2v) is 6.43. The van der Waals surface area contributed by atoms with E-state index in [0.717, 1.165) is 13.3 Å². The number of nitrogens with zero attached hydrogens (tertiary/aromatic N) is 3. The van der Waals surface area contributed by atoms with Crippen LogP contribution in [0.5, 0.6) is 0 Å². The van der Waals surface area contributed by atoms with Crippen molar-refractivity contribution in [3.05, 3.63) is 58.7 Å². The number of pyridine rings is 2. The van der Waals surface area contributed by atoms with Crippen LogP contribution in [0.15, 0.2) is 30.6 Å². The minimum Gasteiger partial charge on any atom is -0.387 e. The smallest absolute Gasteiger partial charge is 0.387 e. The summed E-state index contributed by atoms with van der Waals surface area (Å²) in [7, 11) is 0.927. The van der Waals surface area contributed by atoms with Gasteiger partial charge in [-0.2, -0.15) is 44.8 Å². The highest BCUT2D eigenvalue weighted by Crippen LogP contribution is 2.40. The Balaban J connectivity index is 2.56. The van der Waals surface area contributed by atoms with Gasteiger partial charge in [0.15, 0.2) is 0 Å². The van der Waals surface area contributed by atoms with Gasteiger partial charge in [0.1, 0.15) is 23.4 Å². The van der Waals surface area contributed by atoms with E-state index in [1.54, 1.807) is 0 Å². The van der Waals surface area contributed by atoms with Crippen molar-refractivity contribution in [2.45, 2.75) is 30.7 Å². The Bertz CT molecular complexity index is 965. The lowest BCUT2D eigenvalue weighted by Crippen LogP contribution is -2.23. The van der Waals surface area contributed by atoms with Crippen LogP contribution in [0.4, 0.5) is 39.5 Å². The maximum absolute atomic E-state index is 13.0. The van der Waals surface area contributed by atoms with E-state index in [4.69, 9.17) is 4.74 Å². The van der Waals surface area contributed by atoms with Gasteiger partial charge in [-0.05, 0) is 23.8 Å². The van der Waals surface area contributed by atoms with Crippen LogP contribution in [0, 0.1) is 17.2 Å². The Labute approximate surface area is 174 Å². The van der Waals surface area contributed by atoms with Crippen molar-refractivity contribution in [3.8, 4) is 6.07 Å². The van der Waals surface area contributed by atoms with Crippen LogP contribution in [-0.2, 0) is 23.3 Å². The Morgan fingerprint density at radius 2 is 1.41 bits per heavy atom. The zero-order chi connectivity index (χ0) is 24.5. The fourth-order valence-corrected chi connectivity index (χ4v) is 2.78. The standard InChI is InChI=1S/C18H12F9N3O2/c1-32-15(9-2-10(7-29-6-9)16(19,20)21)11(5-28)14(31)8-3-12(17(22,23)24)30-13(4-8)18(25,26)27/h2-4,6-7,11,14-15,31H,1H3. The molecule has 0 aromatic carbocycles. The van der Waals surface area contributed by atoms with Gasteiger partial charge in [0.05, 0.1) is 17.7 Å². The minimum absolute atomic E-state index is 0.112. The van der Waals surface area contributed by atoms with Gasteiger partial charge in [0, 0.05) is 25.1 Å². The number of hydrogen-bond donors (Lipinski definition) is 1. The largest absolute Gasteiger partial charge is 0.433 e. The van der Waals surface area contributed by atoms with E-state index in [2.05, 4.69) is 9.97 Å². The number of alkyl halides is 9. The van der Waals surface area contributed by atoms with Gasteiger partial charge in [-0.15, -0.1) is 0 Å². The molecule has 0 radical (unpaired) electrons. The average Bonchev–Trinajstić information content (AvgIpc) is 2.69. The van der Waals surface area contributed by atoms with Crippen molar-refractivity contribution in [1.82, 2.24) is 9.97 Å². The summed E-state index contributed by atoms with van der Waals surface area (Å²) in [4.78, 5) is 5.86. The van der Waals surface area contributed by atoms with Crippen molar-refractivity contribution in [2.75, 3.05) is 7.11 Å². The molecule has 0 spiro atoms. The fourth-order valence-electron chi connectivity index (χ4n) is 2.78. The summed E-state index contributed by atoms with van der Waals surface area (Å²) in [6.45, 7) is 0. The van der Waals surface area contributed by atoms with Crippen molar-refractivity contribution in [1.29, 1.82) is 5.26 Å². The third-order valence-electron chi connectivity index (χ3n) is 4.25. The van der Waals surface area contributed by atoms with Crippen LogP contribution in [0.1, 0.15) is 40.3 Å². The Morgan fingerprint density at radius 1 is 0.875 bits per heavy atom. The molecule has 3 atom stereocenters. The monoisotopic (exact) mass is 473 g/mol. The van der Waals surface area contributed by atoms with Crippen LogP contribution in [0.25, 0.3) is 0 Å². The molecule has 5 nitrogen and oxygen atoms in total. The van der Waals surface area contributed by atoms with Crippen molar-refractivity contribution >= 4 is 0 Å². The summed E-state index contributed by atoms with van der Waals surface area (Å²) in [6, 6.07) is 2.22. The number of aliphatic hydroxyl groups excluding tert-OH is 1. The number of aromatic nitrogens is 2. The predicted molar refractivity (Wildman–Crippen MR) is 87.3 cm³/mol. The Morgan fingerprint density at radius 3 is 1.81 bits per heavy atom. The molecule has 2 aromatic rings. The van der Waals surface area contributed by atoms with Crippen LogP contribution >= 0.6 is 0 Å². The highest BCUT2D eigenvalue weighted by atomic mass is 19.4. The topological polar surface area (TPSA) is 79.0 Å². The lowest BCUT2D eigenvalue weighted by Gasteiger charge is -2.26. The molecule has 0 saturated carbocycles. The number of halogens is 9. The van der Waals surface area contributed by atoms with Crippen LogP contribution in [0.2, 0.25) is 0 Å². The molecule has 3 unspecified atom stereocenters. The number of nitriles is 1. The van der Waals surface area contributed by atoms with E-state index in [-0.39, 0.29) is 17.7 Å². The second-order valence-electron chi connectivity index (χ2n) is 6.43. The van der Waals surface area contributed by atoms with Gasteiger partial charge >= 0.3 is 18.5 Å². The molecule has 0 amide bonds. The molecule has 2 rings (SSSR count). The number of aliphatic hydroxyl groups is 1. The first-order chi connectivity index (χ1) is 14.6. The summed E-state index contributed by atoms with van der Waals surface area (Å²) in [5, 5.41) is 19.9. The van der Waals surface area contributed by atoms with Gasteiger partial charge in [-0.3, -0.25) is 4.98 Å². The number of rotatable bonds is 5. The molecule has 0 aliphatic heterocycles. The molecule has 1 N–H and O–H groups in total. The summed E-state index contributed by atoms with van der Waals surface area (Å²) >= 11 is 0. The lowest BCUT2D eigenvalue weighted by molar-refractivity contribution is -0.150. The predicted octanol–water partition coefficient (Wildman–Crippen LogP) is 5.09. The van der Waals surface area contributed by atoms with E-state index in [1.807, 2.05) is 0 Å². The molecule has 0 fully saturated rings. The molecular formula is C18H12F9N3O2. The maximum Gasteiger partial charge on any atom is 0.433 e.